The lowest BCUT2D eigenvalue weighted by molar-refractivity contribution is -0.141. The van der Waals surface area contributed by atoms with E-state index in [1.807, 2.05) is 13.0 Å². The molecule has 0 amide bonds. The van der Waals surface area contributed by atoms with Gasteiger partial charge in [-0.15, -0.1) is 0 Å². The van der Waals surface area contributed by atoms with Crippen molar-refractivity contribution in [3.63, 3.8) is 0 Å². The molecule has 4 nitrogen and oxygen atoms in total. The highest BCUT2D eigenvalue weighted by molar-refractivity contribution is 6.73. The van der Waals surface area contributed by atoms with Crippen LogP contribution in [-0.4, -0.2) is 33.1 Å². The van der Waals surface area contributed by atoms with E-state index in [9.17, 15) is 4.79 Å². The SMILES string of the molecule is CCOC(=O)CC#C[C@@H](C)CCCCC[C@](C)(CCCCCOCc1ccccc1)O[Si](CC)(CC)CC. The smallest absolute Gasteiger partial charge is 0.317 e. The Morgan fingerprint density at radius 2 is 1.55 bits per heavy atom. The maximum Gasteiger partial charge on any atom is 0.317 e. The molecular weight excluding hydrogens is 488 g/mol. The summed E-state index contributed by atoms with van der Waals surface area (Å²) in [6.45, 7) is 15.3. The Hall–Kier alpha value is -1.61. The van der Waals surface area contributed by atoms with Crippen LogP contribution in [0.1, 0.15) is 111 Å². The van der Waals surface area contributed by atoms with Crippen LogP contribution in [0.5, 0.6) is 0 Å². The molecule has 0 aliphatic heterocycles. The van der Waals surface area contributed by atoms with Gasteiger partial charge in [-0.1, -0.05) is 102 Å². The predicted molar refractivity (Wildman–Crippen MR) is 163 cm³/mol. The summed E-state index contributed by atoms with van der Waals surface area (Å²) in [5.41, 5.74) is 1.22. The van der Waals surface area contributed by atoms with Crippen molar-refractivity contribution in [3.05, 3.63) is 35.9 Å². The molecule has 38 heavy (non-hydrogen) atoms. The first-order valence-electron chi connectivity index (χ1n) is 15.3. The molecular formula is C33H56O4Si. The zero-order valence-electron chi connectivity index (χ0n) is 25.4. The third kappa shape index (κ3) is 15.1. The van der Waals surface area contributed by atoms with Crippen molar-refractivity contribution < 1.29 is 18.7 Å². The fourth-order valence-electron chi connectivity index (χ4n) is 5.07. The maximum absolute atomic E-state index is 11.4. The van der Waals surface area contributed by atoms with Gasteiger partial charge in [-0.05, 0) is 63.2 Å². The Kier molecular flexibility index (Phi) is 18.4. The molecule has 0 saturated carbocycles. The number of carbonyl (C=O) groups is 1. The predicted octanol–water partition coefficient (Wildman–Crippen LogP) is 9.09. The number of rotatable bonds is 21. The van der Waals surface area contributed by atoms with E-state index in [4.69, 9.17) is 13.9 Å². The highest BCUT2D eigenvalue weighted by Gasteiger charge is 2.37. The molecule has 0 radical (unpaired) electrons. The van der Waals surface area contributed by atoms with Crippen molar-refractivity contribution in [1.82, 2.24) is 0 Å². The maximum atomic E-state index is 11.4. The van der Waals surface area contributed by atoms with Crippen LogP contribution in [0.4, 0.5) is 0 Å². The zero-order valence-corrected chi connectivity index (χ0v) is 26.4. The fourth-order valence-corrected chi connectivity index (χ4v) is 8.25. The molecule has 5 heteroatoms. The van der Waals surface area contributed by atoms with E-state index in [1.54, 1.807) is 0 Å². The topological polar surface area (TPSA) is 44.8 Å². The van der Waals surface area contributed by atoms with Gasteiger partial charge in [0.1, 0.15) is 6.42 Å². The summed E-state index contributed by atoms with van der Waals surface area (Å²) in [6.07, 6.45) is 10.6. The molecule has 216 valence electrons. The van der Waals surface area contributed by atoms with Crippen LogP contribution in [0.2, 0.25) is 18.1 Å². The first-order chi connectivity index (χ1) is 18.3. The molecule has 0 unspecified atom stereocenters. The second kappa shape index (κ2) is 20.3. The average molecular weight is 545 g/mol. The lowest BCUT2D eigenvalue weighted by atomic mass is 9.91. The van der Waals surface area contributed by atoms with Crippen molar-refractivity contribution in [2.45, 2.75) is 136 Å². The average Bonchev–Trinajstić information content (AvgIpc) is 2.92. The standard InChI is InChI=1S/C33H56O4Si/c1-7-36-32(34)25-20-22-30(5)21-14-12-17-26-33(6,37-38(8-2,9-3)10-4)27-18-13-19-28-35-29-31-23-15-11-16-24-31/h11,15-16,23-24,30H,7-10,12-14,17-19,21,25-29H2,1-6H3/t30-,33+/m0/s1. The van der Waals surface area contributed by atoms with Gasteiger partial charge < -0.3 is 13.9 Å². The number of benzene rings is 1. The largest absolute Gasteiger partial charge is 0.465 e. The molecule has 0 saturated heterocycles. The quantitative estimate of drug-likeness (QED) is 0.0670. The minimum absolute atomic E-state index is 0.0236. The Morgan fingerprint density at radius 3 is 2.16 bits per heavy atom. The normalized spacial score (nSPS) is 13.8. The summed E-state index contributed by atoms with van der Waals surface area (Å²) < 4.78 is 17.9. The second-order valence-electron chi connectivity index (χ2n) is 10.9. The summed E-state index contributed by atoms with van der Waals surface area (Å²) in [4.78, 5) is 11.4. The van der Waals surface area contributed by atoms with Crippen molar-refractivity contribution in [1.29, 1.82) is 0 Å². The van der Waals surface area contributed by atoms with Crippen molar-refractivity contribution >= 4 is 14.3 Å². The third-order valence-corrected chi connectivity index (χ3v) is 12.5. The van der Waals surface area contributed by atoms with Gasteiger partial charge in [0.05, 0.1) is 18.8 Å². The molecule has 0 fully saturated rings. The minimum Gasteiger partial charge on any atom is -0.465 e. The first kappa shape index (κ1) is 34.4. The van der Waals surface area contributed by atoms with E-state index in [0.717, 1.165) is 32.3 Å². The number of hydrogen-bond donors (Lipinski definition) is 0. The van der Waals surface area contributed by atoms with Gasteiger partial charge in [0.25, 0.3) is 0 Å². The molecule has 0 aliphatic rings. The Morgan fingerprint density at radius 1 is 0.921 bits per heavy atom. The summed E-state index contributed by atoms with van der Waals surface area (Å²) in [7, 11) is -1.67. The summed E-state index contributed by atoms with van der Waals surface area (Å²) >= 11 is 0. The van der Waals surface area contributed by atoms with E-state index in [2.05, 4.69) is 70.7 Å². The Balaban J connectivity index is 2.45. The molecule has 1 aromatic rings. The molecule has 0 heterocycles. The summed E-state index contributed by atoms with van der Waals surface area (Å²) in [6, 6.07) is 14.0. The van der Waals surface area contributed by atoms with Gasteiger partial charge in [0.2, 0.25) is 0 Å². The van der Waals surface area contributed by atoms with E-state index >= 15 is 0 Å². The third-order valence-electron chi connectivity index (χ3n) is 7.73. The fraction of sp³-hybridized carbons (Fsp3) is 0.727. The molecule has 0 bridgehead atoms. The van der Waals surface area contributed by atoms with Crippen LogP contribution < -0.4 is 0 Å². The van der Waals surface area contributed by atoms with Crippen molar-refractivity contribution in [3.8, 4) is 11.8 Å². The van der Waals surface area contributed by atoms with Gasteiger partial charge in [-0.2, -0.15) is 0 Å². The number of esters is 1. The van der Waals surface area contributed by atoms with Crippen LogP contribution >= 0.6 is 0 Å². The molecule has 1 rings (SSSR count). The molecule has 0 aliphatic carbocycles. The lowest BCUT2D eigenvalue weighted by Gasteiger charge is -2.41. The zero-order chi connectivity index (χ0) is 28.1. The molecule has 2 atom stereocenters. The van der Waals surface area contributed by atoms with Crippen LogP contribution in [0.3, 0.4) is 0 Å². The van der Waals surface area contributed by atoms with Gasteiger partial charge in [0, 0.05) is 12.5 Å². The number of unbranched alkanes of at least 4 members (excludes halogenated alkanes) is 4. The highest BCUT2D eigenvalue weighted by Crippen LogP contribution is 2.34. The molecule has 1 aromatic carbocycles. The molecule has 0 N–H and O–H groups in total. The molecule has 0 aromatic heterocycles. The van der Waals surface area contributed by atoms with Crippen molar-refractivity contribution in [2.75, 3.05) is 13.2 Å². The minimum atomic E-state index is -1.67. The van der Waals surface area contributed by atoms with Gasteiger partial charge in [-0.25, -0.2) is 0 Å². The Labute approximate surface area is 235 Å². The number of hydrogen-bond acceptors (Lipinski definition) is 4. The van der Waals surface area contributed by atoms with Crippen LogP contribution in [0, 0.1) is 17.8 Å². The lowest BCUT2D eigenvalue weighted by Crippen LogP contribution is -2.45. The van der Waals surface area contributed by atoms with Gasteiger partial charge in [0.15, 0.2) is 8.32 Å². The summed E-state index contributed by atoms with van der Waals surface area (Å²) in [5, 5.41) is 0. The first-order valence-corrected chi connectivity index (χ1v) is 17.8. The highest BCUT2D eigenvalue weighted by atomic mass is 28.4. The monoisotopic (exact) mass is 544 g/mol. The second-order valence-corrected chi connectivity index (χ2v) is 15.6. The van der Waals surface area contributed by atoms with E-state index in [-0.39, 0.29) is 18.0 Å². The van der Waals surface area contributed by atoms with Crippen molar-refractivity contribution in [2.24, 2.45) is 5.92 Å². The van der Waals surface area contributed by atoms with Crippen LogP contribution in [0.25, 0.3) is 0 Å². The van der Waals surface area contributed by atoms with Gasteiger partial charge >= 0.3 is 5.97 Å². The number of ether oxygens (including phenoxy) is 2. The van der Waals surface area contributed by atoms with Gasteiger partial charge in [-0.3, -0.25) is 4.79 Å². The molecule has 0 spiro atoms. The van der Waals surface area contributed by atoms with E-state index < -0.39 is 8.32 Å². The Bertz CT molecular complexity index is 788. The van der Waals surface area contributed by atoms with E-state index in [1.165, 1.54) is 55.8 Å². The van der Waals surface area contributed by atoms with E-state index in [0.29, 0.717) is 19.1 Å². The van der Waals surface area contributed by atoms with Crippen LogP contribution in [0.15, 0.2) is 30.3 Å². The van der Waals surface area contributed by atoms with Crippen LogP contribution in [-0.2, 0) is 25.3 Å². The number of carbonyl (C=O) groups excluding carboxylic acids is 1. The summed E-state index contributed by atoms with van der Waals surface area (Å²) in [5.74, 6) is 6.28.